The van der Waals surface area contributed by atoms with Gasteiger partial charge < -0.3 is 9.47 Å². The Labute approximate surface area is 206 Å². The molecule has 0 radical (unpaired) electrons. The summed E-state index contributed by atoms with van der Waals surface area (Å²) in [6, 6.07) is 13.2. The van der Waals surface area contributed by atoms with Crippen molar-refractivity contribution >= 4 is 23.8 Å². The predicted molar refractivity (Wildman–Crippen MR) is 126 cm³/mol. The fraction of sp³-hybridized carbons (Fsp3) is 0.360. The van der Waals surface area contributed by atoms with E-state index in [4.69, 9.17) is 19.8 Å². The third kappa shape index (κ3) is 5.54. The highest BCUT2D eigenvalue weighted by molar-refractivity contribution is 6.01. The zero-order valence-corrected chi connectivity index (χ0v) is 19.4. The predicted octanol–water partition coefficient (Wildman–Crippen LogP) is 4.31. The fourth-order valence-electron chi connectivity index (χ4n) is 4.30. The maximum absolute atomic E-state index is 12.8. The number of fused-ring (bicyclic) bond motifs is 3. The SMILES string of the molecule is [N-]=[N+]=NCCOCCCC(=O)c1ccc2c(c1)C(COC(=O)ON1C(=O)CCC1=O)c1ccccc1-2. The molecule has 186 valence electrons. The summed E-state index contributed by atoms with van der Waals surface area (Å²) in [5.41, 5.74) is 12.5. The van der Waals surface area contributed by atoms with E-state index in [2.05, 4.69) is 10.0 Å². The number of ketones is 1. The fourth-order valence-corrected chi connectivity index (χ4v) is 4.30. The molecule has 36 heavy (non-hydrogen) atoms. The summed E-state index contributed by atoms with van der Waals surface area (Å²) in [6.45, 7) is 0.844. The highest BCUT2D eigenvalue weighted by atomic mass is 16.8. The van der Waals surface area contributed by atoms with Crippen molar-refractivity contribution in [3.8, 4) is 11.1 Å². The normalized spacial score (nSPS) is 15.8. The summed E-state index contributed by atoms with van der Waals surface area (Å²) in [5, 5.41) is 3.83. The van der Waals surface area contributed by atoms with Crippen LogP contribution in [-0.4, -0.2) is 55.2 Å². The van der Waals surface area contributed by atoms with Crippen LogP contribution < -0.4 is 0 Å². The number of hydroxylamine groups is 2. The van der Waals surface area contributed by atoms with Gasteiger partial charge in [-0.05, 0) is 40.3 Å². The lowest BCUT2D eigenvalue weighted by Crippen LogP contribution is -2.32. The van der Waals surface area contributed by atoms with Crippen LogP contribution in [-0.2, 0) is 23.9 Å². The second-order valence-electron chi connectivity index (χ2n) is 8.27. The molecule has 1 fully saturated rings. The van der Waals surface area contributed by atoms with E-state index >= 15 is 0 Å². The topological polar surface area (TPSA) is 148 Å². The molecule has 1 saturated heterocycles. The first kappa shape index (κ1) is 24.9. The van der Waals surface area contributed by atoms with Crippen molar-refractivity contribution in [2.24, 2.45) is 5.11 Å². The van der Waals surface area contributed by atoms with Gasteiger partial charge in [0.15, 0.2) is 5.78 Å². The molecule has 11 nitrogen and oxygen atoms in total. The summed E-state index contributed by atoms with van der Waals surface area (Å²) in [6.07, 6.45) is -0.336. The molecule has 0 N–H and O–H groups in total. The number of carbonyl (C=O) groups excluding carboxylic acids is 4. The number of benzene rings is 2. The van der Waals surface area contributed by atoms with Crippen molar-refractivity contribution in [2.45, 2.75) is 31.6 Å². The van der Waals surface area contributed by atoms with Crippen molar-refractivity contribution < 1.29 is 33.5 Å². The Morgan fingerprint density at radius 1 is 1.03 bits per heavy atom. The molecule has 0 aromatic heterocycles. The molecular weight excluding hydrogens is 468 g/mol. The number of carbonyl (C=O) groups is 4. The van der Waals surface area contributed by atoms with Gasteiger partial charge in [-0.1, -0.05) is 46.6 Å². The number of rotatable bonds is 11. The smallest absolute Gasteiger partial charge is 0.432 e. The molecule has 1 atom stereocenters. The van der Waals surface area contributed by atoms with Crippen LogP contribution in [0, 0.1) is 0 Å². The van der Waals surface area contributed by atoms with E-state index in [1.54, 1.807) is 6.07 Å². The molecule has 0 spiro atoms. The minimum absolute atomic E-state index is 0.00579. The summed E-state index contributed by atoms with van der Waals surface area (Å²) in [5.74, 6) is -1.56. The minimum Gasteiger partial charge on any atom is -0.432 e. The largest absolute Gasteiger partial charge is 0.533 e. The van der Waals surface area contributed by atoms with Gasteiger partial charge >= 0.3 is 6.16 Å². The number of imide groups is 1. The molecule has 1 aliphatic carbocycles. The Morgan fingerprint density at radius 3 is 2.56 bits per heavy atom. The van der Waals surface area contributed by atoms with Gasteiger partial charge in [-0.2, -0.15) is 0 Å². The van der Waals surface area contributed by atoms with Gasteiger partial charge in [-0.3, -0.25) is 19.2 Å². The molecule has 4 rings (SSSR count). The van der Waals surface area contributed by atoms with Crippen LogP contribution in [0.5, 0.6) is 0 Å². The van der Waals surface area contributed by atoms with E-state index in [1.165, 1.54) is 0 Å². The number of Topliss-reactive ketones (excluding diaryl/α,β-unsaturated/α-hetero) is 1. The van der Waals surface area contributed by atoms with Crippen molar-refractivity contribution in [2.75, 3.05) is 26.4 Å². The lowest BCUT2D eigenvalue weighted by atomic mass is 9.95. The van der Waals surface area contributed by atoms with Gasteiger partial charge in [0.05, 0.1) is 6.61 Å². The van der Waals surface area contributed by atoms with Crippen molar-refractivity contribution in [3.63, 3.8) is 0 Å². The van der Waals surface area contributed by atoms with Crippen LogP contribution >= 0.6 is 0 Å². The summed E-state index contributed by atoms with van der Waals surface area (Å²) in [7, 11) is 0. The van der Waals surface area contributed by atoms with Crippen LogP contribution in [0.4, 0.5) is 4.79 Å². The number of hydrogen-bond donors (Lipinski definition) is 0. The Kier molecular flexibility index (Phi) is 7.94. The maximum atomic E-state index is 12.8. The number of azide groups is 1. The van der Waals surface area contributed by atoms with Crippen LogP contribution in [0.1, 0.15) is 53.1 Å². The molecule has 0 bridgehead atoms. The highest BCUT2D eigenvalue weighted by Gasteiger charge is 2.35. The highest BCUT2D eigenvalue weighted by Crippen LogP contribution is 2.45. The Bertz CT molecular complexity index is 1220. The van der Waals surface area contributed by atoms with E-state index in [0.29, 0.717) is 36.7 Å². The lowest BCUT2D eigenvalue weighted by Gasteiger charge is -2.16. The quantitative estimate of drug-likeness (QED) is 0.0863. The van der Waals surface area contributed by atoms with Gasteiger partial charge in [0.1, 0.15) is 6.61 Å². The van der Waals surface area contributed by atoms with Gasteiger partial charge in [0, 0.05) is 48.8 Å². The lowest BCUT2D eigenvalue weighted by molar-refractivity contribution is -0.177. The Hall–Kier alpha value is -4.21. The van der Waals surface area contributed by atoms with E-state index in [9.17, 15) is 19.2 Å². The van der Waals surface area contributed by atoms with E-state index in [1.807, 2.05) is 36.4 Å². The van der Waals surface area contributed by atoms with E-state index < -0.39 is 18.0 Å². The molecule has 2 aromatic rings. The number of nitrogens with zero attached hydrogens (tertiary/aromatic N) is 4. The number of amides is 2. The zero-order chi connectivity index (χ0) is 25.5. The molecule has 2 amide bonds. The third-order valence-corrected chi connectivity index (χ3v) is 6.01. The summed E-state index contributed by atoms with van der Waals surface area (Å²) in [4.78, 5) is 55.8. The molecule has 11 heteroatoms. The molecule has 0 saturated carbocycles. The standard InChI is InChI=1S/C25H24N4O7/c26-28-27-11-13-34-12-3-6-22(30)16-7-8-19-17-4-1-2-5-18(17)21(20(19)14-16)15-35-25(33)36-29-23(31)9-10-24(29)32/h1-2,4-5,7-8,14,21H,3,6,9-13,15H2. The first-order chi connectivity index (χ1) is 17.5. The van der Waals surface area contributed by atoms with Gasteiger partial charge in [-0.25, -0.2) is 4.79 Å². The van der Waals surface area contributed by atoms with Gasteiger partial charge in [0.2, 0.25) is 0 Å². The Balaban J connectivity index is 1.41. The Morgan fingerprint density at radius 2 is 1.78 bits per heavy atom. The van der Waals surface area contributed by atoms with Crippen LogP contribution in [0.3, 0.4) is 0 Å². The molecule has 1 aliphatic heterocycles. The second kappa shape index (κ2) is 11.5. The monoisotopic (exact) mass is 492 g/mol. The van der Waals surface area contributed by atoms with Crippen LogP contribution in [0.25, 0.3) is 21.6 Å². The average molecular weight is 492 g/mol. The average Bonchev–Trinajstić information content (AvgIpc) is 3.37. The van der Waals surface area contributed by atoms with E-state index in [-0.39, 0.29) is 37.7 Å². The molecular formula is C25H24N4O7. The molecule has 1 unspecified atom stereocenters. The zero-order valence-electron chi connectivity index (χ0n) is 19.4. The third-order valence-electron chi connectivity index (χ3n) is 6.01. The molecule has 2 aromatic carbocycles. The van der Waals surface area contributed by atoms with Crippen molar-refractivity contribution in [1.29, 1.82) is 0 Å². The van der Waals surface area contributed by atoms with Gasteiger partial charge in [-0.15, -0.1) is 0 Å². The minimum atomic E-state index is -1.14. The van der Waals surface area contributed by atoms with Crippen LogP contribution in [0.2, 0.25) is 0 Å². The molecule has 1 heterocycles. The van der Waals surface area contributed by atoms with Crippen LogP contribution in [0.15, 0.2) is 47.6 Å². The van der Waals surface area contributed by atoms with Gasteiger partial charge in [0.25, 0.3) is 11.8 Å². The van der Waals surface area contributed by atoms with Crippen molar-refractivity contribution in [3.05, 3.63) is 69.6 Å². The first-order valence-electron chi connectivity index (χ1n) is 11.5. The second-order valence-corrected chi connectivity index (χ2v) is 8.27. The summed E-state index contributed by atoms with van der Waals surface area (Å²) < 4.78 is 10.6. The maximum Gasteiger partial charge on any atom is 0.533 e. The molecule has 2 aliphatic rings. The number of ether oxygens (including phenoxy) is 2. The van der Waals surface area contributed by atoms with Crippen molar-refractivity contribution in [1.82, 2.24) is 5.06 Å². The number of hydrogen-bond acceptors (Lipinski definition) is 8. The van der Waals surface area contributed by atoms with E-state index in [0.717, 1.165) is 22.3 Å². The summed E-state index contributed by atoms with van der Waals surface area (Å²) >= 11 is 0. The first-order valence-corrected chi connectivity index (χ1v) is 11.5.